The predicted octanol–water partition coefficient (Wildman–Crippen LogP) is 1.72. The normalized spacial score (nSPS) is 16.7. The Hall–Kier alpha value is -1.95. The standard InChI is InChI=1S/C17H27N3O3/c1-5-18-17(19-6-7-21-3)20-11-14-10-16-13(8-12(2)23-16)9-15(14)22-4/h9-10,12H,5-8,11H2,1-4H3,(H2,18,19,20). The number of rotatable bonds is 7. The first-order valence-electron chi connectivity index (χ1n) is 8.05. The zero-order valence-electron chi connectivity index (χ0n) is 14.4. The van der Waals surface area contributed by atoms with Gasteiger partial charge in [0.1, 0.15) is 17.6 Å². The van der Waals surface area contributed by atoms with Crippen molar-refractivity contribution in [1.29, 1.82) is 0 Å². The van der Waals surface area contributed by atoms with E-state index in [0.29, 0.717) is 19.7 Å². The molecule has 128 valence electrons. The van der Waals surface area contributed by atoms with Crippen molar-refractivity contribution < 1.29 is 14.2 Å². The van der Waals surface area contributed by atoms with Gasteiger partial charge >= 0.3 is 0 Å². The summed E-state index contributed by atoms with van der Waals surface area (Å²) < 4.78 is 16.4. The summed E-state index contributed by atoms with van der Waals surface area (Å²) >= 11 is 0. The highest BCUT2D eigenvalue weighted by atomic mass is 16.5. The van der Waals surface area contributed by atoms with Crippen molar-refractivity contribution in [2.75, 3.05) is 33.9 Å². The van der Waals surface area contributed by atoms with Crippen LogP contribution in [-0.4, -0.2) is 46.0 Å². The molecular weight excluding hydrogens is 294 g/mol. The van der Waals surface area contributed by atoms with Gasteiger partial charge in [-0.2, -0.15) is 0 Å². The number of methoxy groups -OCH3 is 2. The van der Waals surface area contributed by atoms with E-state index in [0.717, 1.165) is 36.0 Å². The third kappa shape index (κ3) is 4.76. The van der Waals surface area contributed by atoms with Crippen molar-refractivity contribution in [1.82, 2.24) is 10.6 Å². The summed E-state index contributed by atoms with van der Waals surface area (Å²) in [7, 11) is 3.37. The molecule has 0 radical (unpaired) electrons. The molecule has 0 fully saturated rings. The molecule has 1 atom stereocenters. The van der Waals surface area contributed by atoms with Crippen LogP contribution in [0.1, 0.15) is 25.0 Å². The monoisotopic (exact) mass is 321 g/mol. The molecule has 1 aromatic rings. The van der Waals surface area contributed by atoms with Crippen LogP contribution in [0.3, 0.4) is 0 Å². The van der Waals surface area contributed by atoms with Crippen LogP contribution in [0.4, 0.5) is 0 Å². The first-order chi connectivity index (χ1) is 11.2. The largest absolute Gasteiger partial charge is 0.496 e. The molecule has 1 unspecified atom stereocenters. The SMILES string of the molecule is CCNC(=NCc1cc2c(cc1OC)CC(C)O2)NCCOC. The second-order valence-electron chi connectivity index (χ2n) is 5.52. The number of nitrogens with one attached hydrogen (secondary N) is 2. The molecule has 0 aliphatic carbocycles. The number of hydrogen-bond acceptors (Lipinski definition) is 4. The lowest BCUT2D eigenvalue weighted by molar-refractivity contribution is 0.203. The molecule has 23 heavy (non-hydrogen) atoms. The summed E-state index contributed by atoms with van der Waals surface area (Å²) in [5, 5.41) is 6.45. The Morgan fingerprint density at radius 2 is 2.17 bits per heavy atom. The quantitative estimate of drug-likeness (QED) is 0.455. The van der Waals surface area contributed by atoms with Gasteiger partial charge in [0.05, 0.1) is 20.3 Å². The molecule has 1 heterocycles. The number of fused-ring (bicyclic) bond motifs is 1. The van der Waals surface area contributed by atoms with Crippen LogP contribution in [0.15, 0.2) is 17.1 Å². The van der Waals surface area contributed by atoms with E-state index < -0.39 is 0 Å². The average Bonchev–Trinajstić information content (AvgIpc) is 2.90. The van der Waals surface area contributed by atoms with Crippen molar-refractivity contribution in [2.24, 2.45) is 4.99 Å². The summed E-state index contributed by atoms with van der Waals surface area (Å²) in [6.45, 7) is 6.80. The van der Waals surface area contributed by atoms with E-state index in [9.17, 15) is 0 Å². The van der Waals surface area contributed by atoms with Crippen LogP contribution in [0.25, 0.3) is 0 Å². The molecule has 2 N–H and O–H groups in total. The maximum atomic E-state index is 5.83. The summed E-state index contributed by atoms with van der Waals surface area (Å²) in [5.74, 6) is 2.57. The first kappa shape index (κ1) is 17.4. The highest BCUT2D eigenvalue weighted by Crippen LogP contribution is 2.35. The molecule has 0 aromatic heterocycles. The van der Waals surface area contributed by atoms with Gasteiger partial charge in [0.2, 0.25) is 0 Å². The van der Waals surface area contributed by atoms with Crippen LogP contribution < -0.4 is 20.1 Å². The predicted molar refractivity (Wildman–Crippen MR) is 91.5 cm³/mol. The minimum Gasteiger partial charge on any atom is -0.496 e. The first-order valence-corrected chi connectivity index (χ1v) is 8.05. The average molecular weight is 321 g/mol. The Morgan fingerprint density at radius 3 is 2.87 bits per heavy atom. The van der Waals surface area contributed by atoms with Crippen molar-refractivity contribution >= 4 is 5.96 Å². The highest BCUT2D eigenvalue weighted by molar-refractivity contribution is 5.79. The molecule has 0 bridgehead atoms. The zero-order valence-corrected chi connectivity index (χ0v) is 14.4. The van der Waals surface area contributed by atoms with Crippen molar-refractivity contribution in [2.45, 2.75) is 32.9 Å². The number of guanidine groups is 1. The molecule has 6 heteroatoms. The lowest BCUT2D eigenvalue weighted by Crippen LogP contribution is -2.38. The van der Waals surface area contributed by atoms with Gasteiger partial charge in [-0.05, 0) is 26.0 Å². The Morgan fingerprint density at radius 1 is 1.35 bits per heavy atom. The molecule has 0 saturated carbocycles. The van der Waals surface area contributed by atoms with E-state index in [4.69, 9.17) is 14.2 Å². The van der Waals surface area contributed by atoms with Crippen LogP contribution in [0.2, 0.25) is 0 Å². The van der Waals surface area contributed by atoms with Gasteiger partial charge in [0, 0.05) is 37.7 Å². The minimum atomic E-state index is 0.224. The molecular formula is C17H27N3O3. The maximum Gasteiger partial charge on any atom is 0.191 e. The number of benzene rings is 1. The lowest BCUT2D eigenvalue weighted by Gasteiger charge is -2.13. The lowest BCUT2D eigenvalue weighted by atomic mass is 10.1. The van der Waals surface area contributed by atoms with E-state index in [1.807, 2.05) is 13.0 Å². The van der Waals surface area contributed by atoms with Gasteiger partial charge in [-0.15, -0.1) is 0 Å². The Bertz CT molecular complexity index is 546. The molecule has 2 rings (SSSR count). The van der Waals surface area contributed by atoms with E-state index in [1.165, 1.54) is 5.56 Å². The molecule has 1 aromatic carbocycles. The Kier molecular flexibility index (Phi) is 6.52. The molecule has 6 nitrogen and oxygen atoms in total. The maximum absolute atomic E-state index is 5.83. The second kappa shape index (κ2) is 8.62. The van der Waals surface area contributed by atoms with Crippen molar-refractivity contribution in [3.05, 3.63) is 23.3 Å². The topological polar surface area (TPSA) is 64.1 Å². The molecule has 0 spiro atoms. The van der Waals surface area contributed by atoms with E-state index >= 15 is 0 Å². The number of hydrogen-bond donors (Lipinski definition) is 2. The third-order valence-corrected chi connectivity index (χ3v) is 3.65. The number of ether oxygens (including phenoxy) is 3. The molecule has 1 aliphatic rings. The molecule has 1 aliphatic heterocycles. The van der Waals surface area contributed by atoms with Crippen molar-refractivity contribution in [3.8, 4) is 11.5 Å². The fourth-order valence-electron chi connectivity index (χ4n) is 2.57. The van der Waals surface area contributed by atoms with Gasteiger partial charge in [-0.3, -0.25) is 0 Å². The minimum absolute atomic E-state index is 0.224. The highest BCUT2D eigenvalue weighted by Gasteiger charge is 2.21. The summed E-state index contributed by atoms with van der Waals surface area (Å²) in [4.78, 5) is 4.61. The smallest absolute Gasteiger partial charge is 0.191 e. The van der Waals surface area contributed by atoms with Crippen LogP contribution in [-0.2, 0) is 17.7 Å². The summed E-state index contributed by atoms with van der Waals surface area (Å²) in [6, 6.07) is 4.11. The fourth-order valence-corrected chi connectivity index (χ4v) is 2.57. The van der Waals surface area contributed by atoms with E-state index in [-0.39, 0.29) is 6.10 Å². The Balaban J connectivity index is 2.11. The summed E-state index contributed by atoms with van der Waals surface area (Å²) in [6.07, 6.45) is 1.15. The van der Waals surface area contributed by atoms with Gasteiger partial charge < -0.3 is 24.8 Å². The molecule has 0 amide bonds. The number of nitrogens with zero attached hydrogens (tertiary/aromatic N) is 1. The molecule has 0 saturated heterocycles. The van der Waals surface area contributed by atoms with Gasteiger partial charge in [0.15, 0.2) is 5.96 Å². The Labute approximate surface area is 138 Å². The fraction of sp³-hybridized carbons (Fsp3) is 0.588. The summed E-state index contributed by atoms with van der Waals surface area (Å²) in [5.41, 5.74) is 2.22. The van der Waals surface area contributed by atoms with Crippen LogP contribution >= 0.6 is 0 Å². The second-order valence-corrected chi connectivity index (χ2v) is 5.52. The van der Waals surface area contributed by atoms with Crippen molar-refractivity contribution in [3.63, 3.8) is 0 Å². The van der Waals surface area contributed by atoms with E-state index in [2.05, 4.69) is 28.6 Å². The van der Waals surface area contributed by atoms with Gasteiger partial charge in [0.25, 0.3) is 0 Å². The van der Waals surface area contributed by atoms with Crippen LogP contribution in [0.5, 0.6) is 11.5 Å². The van der Waals surface area contributed by atoms with Gasteiger partial charge in [-0.25, -0.2) is 4.99 Å². The van der Waals surface area contributed by atoms with Gasteiger partial charge in [-0.1, -0.05) is 0 Å². The zero-order chi connectivity index (χ0) is 16.7. The number of aliphatic imine (C=N–C) groups is 1. The van der Waals surface area contributed by atoms with E-state index in [1.54, 1.807) is 14.2 Å². The third-order valence-electron chi connectivity index (χ3n) is 3.65. The van der Waals surface area contributed by atoms with Crippen LogP contribution in [0, 0.1) is 0 Å².